The topological polar surface area (TPSA) is 66.4 Å². The lowest BCUT2D eigenvalue weighted by molar-refractivity contribution is 0.383. The Balaban J connectivity index is 1.78. The number of halogens is 3. The van der Waals surface area contributed by atoms with E-state index in [0.717, 1.165) is 11.5 Å². The van der Waals surface area contributed by atoms with Crippen molar-refractivity contribution in [2.75, 3.05) is 31.1 Å². The smallest absolute Gasteiger partial charge is 0.244 e. The van der Waals surface area contributed by atoms with Crippen LogP contribution in [-0.4, -0.2) is 49.1 Å². The zero-order chi connectivity index (χ0) is 18.2. The van der Waals surface area contributed by atoms with Crippen LogP contribution in [-0.2, 0) is 10.0 Å². The number of anilines is 1. The maximum absolute atomic E-state index is 12.9. The van der Waals surface area contributed by atoms with Gasteiger partial charge < -0.3 is 4.90 Å². The van der Waals surface area contributed by atoms with E-state index in [-0.39, 0.29) is 20.0 Å². The van der Waals surface area contributed by atoms with E-state index in [1.165, 1.54) is 16.4 Å². The largest absolute Gasteiger partial charge is 0.352 e. The summed E-state index contributed by atoms with van der Waals surface area (Å²) in [5, 5.41) is 8.59. The third kappa shape index (κ3) is 3.85. The molecule has 1 aromatic carbocycles. The number of nitrogens with zero attached hydrogens (tertiary/aromatic N) is 4. The predicted molar refractivity (Wildman–Crippen MR) is 99.2 cm³/mol. The van der Waals surface area contributed by atoms with Crippen LogP contribution in [0, 0.1) is 6.92 Å². The van der Waals surface area contributed by atoms with Crippen molar-refractivity contribution >= 4 is 50.6 Å². The second-order valence-corrected chi connectivity index (χ2v) is 8.75. The highest BCUT2D eigenvalue weighted by molar-refractivity contribution is 7.89. The molecule has 0 saturated carbocycles. The number of benzene rings is 1. The molecule has 1 aliphatic heterocycles. The SMILES string of the molecule is Cc1ccc(N2CCN(S(=O)(=O)c3cc(Cl)c(Cl)cc3Cl)CC2)nn1. The van der Waals surface area contributed by atoms with Gasteiger partial charge in [-0.05, 0) is 31.2 Å². The van der Waals surface area contributed by atoms with Gasteiger partial charge in [0.05, 0.1) is 20.8 Å². The number of sulfonamides is 1. The Hall–Kier alpha value is -1.12. The molecule has 2 heterocycles. The minimum atomic E-state index is -3.75. The molecular weight excluding hydrogens is 407 g/mol. The summed E-state index contributed by atoms with van der Waals surface area (Å²) in [5.41, 5.74) is 0.833. The van der Waals surface area contributed by atoms with E-state index in [2.05, 4.69) is 10.2 Å². The number of hydrogen-bond acceptors (Lipinski definition) is 5. The lowest BCUT2D eigenvalue weighted by atomic mass is 10.3. The van der Waals surface area contributed by atoms with Crippen LogP contribution in [0.15, 0.2) is 29.2 Å². The molecule has 0 radical (unpaired) electrons. The molecule has 0 unspecified atom stereocenters. The highest BCUT2D eigenvalue weighted by atomic mass is 35.5. The Bertz CT molecular complexity index is 882. The summed E-state index contributed by atoms with van der Waals surface area (Å²) in [6, 6.07) is 6.39. The van der Waals surface area contributed by atoms with E-state index < -0.39 is 10.0 Å². The molecule has 1 aromatic heterocycles. The molecule has 1 fully saturated rings. The standard InChI is InChI=1S/C15H15Cl3N4O2S/c1-10-2-3-15(20-19-10)21-4-6-22(7-5-21)25(23,24)14-9-12(17)11(16)8-13(14)18/h2-3,8-9H,4-7H2,1H3. The van der Waals surface area contributed by atoms with Crippen LogP contribution in [0.3, 0.4) is 0 Å². The first-order valence-electron chi connectivity index (χ1n) is 7.49. The third-order valence-corrected chi connectivity index (χ3v) is 7.02. The highest BCUT2D eigenvalue weighted by Gasteiger charge is 2.31. The summed E-state index contributed by atoms with van der Waals surface area (Å²) >= 11 is 17.9. The van der Waals surface area contributed by atoms with Crippen LogP contribution < -0.4 is 4.90 Å². The first kappa shape index (κ1) is 18.7. The zero-order valence-electron chi connectivity index (χ0n) is 13.3. The summed E-state index contributed by atoms with van der Waals surface area (Å²) in [5.74, 6) is 0.732. The molecule has 1 saturated heterocycles. The first-order valence-corrected chi connectivity index (χ1v) is 10.1. The lowest BCUT2D eigenvalue weighted by Gasteiger charge is -2.34. The Morgan fingerprint density at radius 1 is 0.920 bits per heavy atom. The lowest BCUT2D eigenvalue weighted by Crippen LogP contribution is -2.49. The fourth-order valence-electron chi connectivity index (χ4n) is 2.56. The van der Waals surface area contributed by atoms with Crippen molar-refractivity contribution in [3.8, 4) is 0 Å². The fraction of sp³-hybridized carbons (Fsp3) is 0.333. The van der Waals surface area contributed by atoms with Gasteiger partial charge in [0, 0.05) is 26.2 Å². The number of aryl methyl sites for hydroxylation is 1. The summed E-state index contributed by atoms with van der Waals surface area (Å²) < 4.78 is 27.1. The van der Waals surface area contributed by atoms with Crippen molar-refractivity contribution in [2.45, 2.75) is 11.8 Å². The van der Waals surface area contributed by atoms with Gasteiger partial charge in [0.25, 0.3) is 0 Å². The van der Waals surface area contributed by atoms with Crippen molar-refractivity contribution in [3.05, 3.63) is 45.0 Å². The van der Waals surface area contributed by atoms with Gasteiger partial charge in [0.1, 0.15) is 4.90 Å². The normalized spacial score (nSPS) is 16.2. The van der Waals surface area contributed by atoms with Crippen LogP contribution in [0.25, 0.3) is 0 Å². The van der Waals surface area contributed by atoms with E-state index >= 15 is 0 Å². The average Bonchev–Trinajstić information content (AvgIpc) is 2.59. The fourth-order valence-corrected chi connectivity index (χ4v) is 4.96. The van der Waals surface area contributed by atoms with Crippen molar-refractivity contribution in [1.29, 1.82) is 0 Å². The van der Waals surface area contributed by atoms with Gasteiger partial charge in [-0.1, -0.05) is 34.8 Å². The Morgan fingerprint density at radius 3 is 2.16 bits per heavy atom. The van der Waals surface area contributed by atoms with Crippen LogP contribution >= 0.6 is 34.8 Å². The van der Waals surface area contributed by atoms with Gasteiger partial charge in [-0.15, -0.1) is 5.10 Å². The molecule has 10 heteroatoms. The number of aromatic nitrogens is 2. The summed E-state index contributed by atoms with van der Waals surface area (Å²) in [4.78, 5) is 1.96. The molecule has 1 aliphatic rings. The van der Waals surface area contributed by atoms with E-state index in [0.29, 0.717) is 26.2 Å². The number of rotatable bonds is 3. The Morgan fingerprint density at radius 2 is 1.56 bits per heavy atom. The van der Waals surface area contributed by atoms with Gasteiger partial charge in [-0.3, -0.25) is 0 Å². The van der Waals surface area contributed by atoms with Crippen LogP contribution in [0.1, 0.15) is 5.69 Å². The molecular formula is C15H15Cl3N4O2S. The summed E-state index contributed by atoms with van der Waals surface area (Å²) in [6.45, 7) is 3.51. The molecule has 134 valence electrons. The molecule has 0 atom stereocenters. The first-order chi connectivity index (χ1) is 11.8. The van der Waals surface area contributed by atoms with E-state index in [1.807, 2.05) is 24.0 Å². The molecule has 0 N–H and O–H groups in total. The monoisotopic (exact) mass is 420 g/mol. The molecule has 0 bridgehead atoms. The molecule has 25 heavy (non-hydrogen) atoms. The number of piperazine rings is 1. The molecule has 3 rings (SSSR count). The second kappa shape index (κ2) is 7.25. The van der Waals surface area contributed by atoms with Gasteiger partial charge in [0.2, 0.25) is 10.0 Å². The van der Waals surface area contributed by atoms with E-state index in [1.54, 1.807) is 0 Å². The summed E-state index contributed by atoms with van der Waals surface area (Å²) in [7, 11) is -3.75. The van der Waals surface area contributed by atoms with Gasteiger partial charge in [-0.25, -0.2) is 8.42 Å². The molecule has 2 aromatic rings. The third-order valence-electron chi connectivity index (χ3n) is 3.94. The second-order valence-electron chi connectivity index (χ2n) is 5.62. The van der Waals surface area contributed by atoms with Crippen LogP contribution in [0.5, 0.6) is 0 Å². The summed E-state index contributed by atoms with van der Waals surface area (Å²) in [6.07, 6.45) is 0. The number of hydrogen-bond donors (Lipinski definition) is 0. The molecule has 0 aliphatic carbocycles. The van der Waals surface area contributed by atoms with Crippen molar-refractivity contribution in [3.63, 3.8) is 0 Å². The van der Waals surface area contributed by atoms with Crippen molar-refractivity contribution in [1.82, 2.24) is 14.5 Å². The Kier molecular flexibility index (Phi) is 5.41. The maximum atomic E-state index is 12.9. The predicted octanol–water partition coefficient (Wildman–Crippen LogP) is 3.26. The van der Waals surface area contributed by atoms with Gasteiger partial charge in [0.15, 0.2) is 5.82 Å². The highest BCUT2D eigenvalue weighted by Crippen LogP contribution is 2.33. The molecule has 0 amide bonds. The van der Waals surface area contributed by atoms with E-state index in [4.69, 9.17) is 34.8 Å². The van der Waals surface area contributed by atoms with Crippen molar-refractivity contribution in [2.24, 2.45) is 0 Å². The van der Waals surface area contributed by atoms with Crippen LogP contribution in [0.4, 0.5) is 5.82 Å². The molecule has 6 nitrogen and oxygen atoms in total. The minimum Gasteiger partial charge on any atom is -0.352 e. The quantitative estimate of drug-likeness (QED) is 0.712. The Labute approximate surface area is 161 Å². The van der Waals surface area contributed by atoms with Gasteiger partial charge in [-0.2, -0.15) is 9.40 Å². The average molecular weight is 422 g/mol. The van der Waals surface area contributed by atoms with Crippen molar-refractivity contribution < 1.29 is 8.42 Å². The maximum Gasteiger partial charge on any atom is 0.244 e. The van der Waals surface area contributed by atoms with E-state index in [9.17, 15) is 8.42 Å². The van der Waals surface area contributed by atoms with Crippen LogP contribution in [0.2, 0.25) is 15.1 Å². The zero-order valence-corrected chi connectivity index (χ0v) is 16.4. The minimum absolute atomic E-state index is 0.0351. The molecule has 0 spiro atoms. The van der Waals surface area contributed by atoms with Gasteiger partial charge >= 0.3 is 0 Å².